The van der Waals surface area contributed by atoms with Crippen LogP contribution < -0.4 is 9.64 Å². The van der Waals surface area contributed by atoms with E-state index >= 15 is 0 Å². The first-order valence-corrected chi connectivity index (χ1v) is 10.5. The van der Waals surface area contributed by atoms with Gasteiger partial charge in [-0.3, -0.25) is 4.79 Å². The van der Waals surface area contributed by atoms with E-state index in [0.717, 1.165) is 43.5 Å². The molecule has 0 aliphatic carbocycles. The molecule has 1 saturated heterocycles. The van der Waals surface area contributed by atoms with Gasteiger partial charge in [0.15, 0.2) is 5.13 Å². The van der Waals surface area contributed by atoms with Crippen LogP contribution in [0, 0.1) is 0 Å². The first-order chi connectivity index (χ1) is 12.9. The van der Waals surface area contributed by atoms with Gasteiger partial charge >= 0.3 is 0 Å². The van der Waals surface area contributed by atoms with Crippen molar-refractivity contribution in [2.75, 3.05) is 37.7 Å². The Balaban J connectivity index is 1.35. The summed E-state index contributed by atoms with van der Waals surface area (Å²) in [5, 5.41) is 3.04. The Morgan fingerprint density at radius 3 is 2.44 bits per heavy atom. The molecule has 0 bridgehead atoms. The molecule has 2 heterocycles. The molecule has 1 aromatic carbocycles. The van der Waals surface area contributed by atoms with Gasteiger partial charge in [0.25, 0.3) is 0 Å². The Kier molecular flexibility index (Phi) is 6.37. The fourth-order valence-corrected chi connectivity index (χ4v) is 3.84. The summed E-state index contributed by atoms with van der Waals surface area (Å²) in [6.45, 7) is 10.4. The number of anilines is 1. The molecule has 2 aromatic rings. The van der Waals surface area contributed by atoms with Crippen molar-refractivity contribution >= 4 is 22.4 Å². The van der Waals surface area contributed by atoms with Crippen molar-refractivity contribution in [2.45, 2.75) is 39.0 Å². The minimum Gasteiger partial charge on any atom is -0.494 e. The standard InChI is InChI=1S/C21H29N3O2S/c1-21(2,3)17-6-8-18(9-7-17)26-15-4-5-19(25)23-11-13-24(14-12-23)20-22-10-16-27-20/h6-10,16H,4-5,11-15H2,1-3H3. The minimum absolute atomic E-state index is 0.147. The molecule has 0 atom stereocenters. The van der Waals surface area contributed by atoms with Crippen LogP contribution in [-0.2, 0) is 10.2 Å². The number of ether oxygens (including phenoxy) is 1. The van der Waals surface area contributed by atoms with Gasteiger partial charge < -0.3 is 14.5 Å². The highest BCUT2D eigenvalue weighted by molar-refractivity contribution is 7.13. The van der Waals surface area contributed by atoms with Crippen LogP contribution in [-0.4, -0.2) is 48.6 Å². The number of piperazine rings is 1. The monoisotopic (exact) mass is 387 g/mol. The number of thiazole rings is 1. The van der Waals surface area contributed by atoms with Crippen molar-refractivity contribution in [3.05, 3.63) is 41.4 Å². The van der Waals surface area contributed by atoms with Crippen LogP contribution in [0.15, 0.2) is 35.8 Å². The van der Waals surface area contributed by atoms with E-state index in [4.69, 9.17) is 4.74 Å². The zero-order valence-electron chi connectivity index (χ0n) is 16.5. The summed E-state index contributed by atoms with van der Waals surface area (Å²) < 4.78 is 5.79. The molecular weight excluding hydrogens is 358 g/mol. The molecule has 1 aliphatic heterocycles. The maximum atomic E-state index is 12.4. The minimum atomic E-state index is 0.147. The topological polar surface area (TPSA) is 45.7 Å². The van der Waals surface area contributed by atoms with Crippen molar-refractivity contribution in [1.29, 1.82) is 0 Å². The summed E-state index contributed by atoms with van der Waals surface area (Å²) in [6, 6.07) is 8.26. The SMILES string of the molecule is CC(C)(C)c1ccc(OCCCC(=O)N2CCN(c3nccs3)CC2)cc1. The summed E-state index contributed by atoms with van der Waals surface area (Å²) >= 11 is 1.65. The Morgan fingerprint density at radius 1 is 1.15 bits per heavy atom. The average Bonchev–Trinajstić information content (AvgIpc) is 3.20. The van der Waals surface area contributed by atoms with E-state index in [0.29, 0.717) is 13.0 Å². The first kappa shape index (κ1) is 19.7. The molecule has 6 heteroatoms. The van der Waals surface area contributed by atoms with Crippen molar-refractivity contribution in [3.8, 4) is 5.75 Å². The summed E-state index contributed by atoms with van der Waals surface area (Å²) in [7, 11) is 0. The van der Waals surface area contributed by atoms with E-state index in [-0.39, 0.29) is 11.3 Å². The third-order valence-corrected chi connectivity index (χ3v) is 5.68. The van der Waals surface area contributed by atoms with Gasteiger partial charge in [0.2, 0.25) is 5.91 Å². The maximum absolute atomic E-state index is 12.4. The van der Waals surface area contributed by atoms with Crippen molar-refractivity contribution < 1.29 is 9.53 Å². The number of rotatable bonds is 6. The van der Waals surface area contributed by atoms with E-state index in [1.807, 2.05) is 28.6 Å². The number of aromatic nitrogens is 1. The molecule has 146 valence electrons. The van der Waals surface area contributed by atoms with Gasteiger partial charge in [0, 0.05) is 44.2 Å². The molecule has 0 radical (unpaired) electrons. The van der Waals surface area contributed by atoms with Crippen molar-refractivity contribution in [2.24, 2.45) is 0 Å². The summed E-state index contributed by atoms with van der Waals surface area (Å²) in [4.78, 5) is 20.9. The zero-order valence-corrected chi connectivity index (χ0v) is 17.3. The number of amides is 1. The number of nitrogens with zero attached hydrogens (tertiary/aromatic N) is 3. The van der Waals surface area contributed by atoms with Crippen LogP contribution in [0.25, 0.3) is 0 Å². The predicted molar refractivity (Wildman–Crippen MR) is 111 cm³/mol. The Hall–Kier alpha value is -2.08. The molecule has 5 nitrogen and oxygen atoms in total. The van der Waals surface area contributed by atoms with Gasteiger partial charge in [-0.1, -0.05) is 32.9 Å². The number of carbonyl (C=O) groups excluding carboxylic acids is 1. The number of benzene rings is 1. The second-order valence-electron chi connectivity index (χ2n) is 7.91. The van der Waals surface area contributed by atoms with Gasteiger partial charge in [-0.15, -0.1) is 11.3 Å². The fraction of sp³-hybridized carbons (Fsp3) is 0.524. The van der Waals surface area contributed by atoms with Crippen molar-refractivity contribution in [3.63, 3.8) is 0 Å². The molecule has 1 aliphatic rings. The molecule has 0 unspecified atom stereocenters. The molecule has 0 saturated carbocycles. The number of hydrogen-bond donors (Lipinski definition) is 0. The molecule has 27 heavy (non-hydrogen) atoms. The molecule has 1 aromatic heterocycles. The van der Waals surface area contributed by atoms with E-state index in [1.54, 1.807) is 11.3 Å². The van der Waals surface area contributed by atoms with Crippen LogP contribution in [0.2, 0.25) is 0 Å². The van der Waals surface area contributed by atoms with E-state index < -0.39 is 0 Å². The molecule has 1 fully saturated rings. The highest BCUT2D eigenvalue weighted by atomic mass is 32.1. The van der Waals surface area contributed by atoms with E-state index in [9.17, 15) is 4.79 Å². The lowest BCUT2D eigenvalue weighted by molar-refractivity contribution is -0.131. The van der Waals surface area contributed by atoms with Gasteiger partial charge in [-0.05, 0) is 29.5 Å². The van der Waals surface area contributed by atoms with Crippen LogP contribution in [0.4, 0.5) is 5.13 Å². The first-order valence-electron chi connectivity index (χ1n) is 9.59. The van der Waals surface area contributed by atoms with E-state index in [2.05, 4.69) is 42.8 Å². The van der Waals surface area contributed by atoms with Gasteiger partial charge in [-0.25, -0.2) is 4.98 Å². The maximum Gasteiger partial charge on any atom is 0.222 e. The van der Waals surface area contributed by atoms with Gasteiger partial charge in [0.05, 0.1) is 6.61 Å². The Morgan fingerprint density at radius 2 is 1.85 bits per heavy atom. The lowest BCUT2D eigenvalue weighted by atomic mass is 9.87. The summed E-state index contributed by atoms with van der Waals surface area (Å²) in [6.07, 6.45) is 3.11. The third-order valence-electron chi connectivity index (χ3n) is 4.85. The fourth-order valence-electron chi connectivity index (χ4n) is 3.14. The highest BCUT2D eigenvalue weighted by Crippen LogP contribution is 2.24. The summed E-state index contributed by atoms with van der Waals surface area (Å²) in [5.41, 5.74) is 1.44. The molecule has 0 N–H and O–H groups in total. The molecular formula is C21H29N3O2S. The van der Waals surface area contributed by atoms with Gasteiger partial charge in [0.1, 0.15) is 5.75 Å². The van der Waals surface area contributed by atoms with Crippen LogP contribution >= 0.6 is 11.3 Å². The Labute approximate surface area is 166 Å². The average molecular weight is 388 g/mol. The second-order valence-corrected chi connectivity index (χ2v) is 8.78. The third kappa shape index (κ3) is 5.45. The van der Waals surface area contributed by atoms with E-state index in [1.165, 1.54) is 5.56 Å². The molecule has 3 rings (SSSR count). The largest absolute Gasteiger partial charge is 0.494 e. The summed E-state index contributed by atoms with van der Waals surface area (Å²) in [5.74, 6) is 1.09. The number of hydrogen-bond acceptors (Lipinski definition) is 5. The molecule has 0 spiro atoms. The van der Waals surface area contributed by atoms with Gasteiger partial charge in [-0.2, -0.15) is 0 Å². The lowest BCUT2D eigenvalue weighted by Gasteiger charge is -2.34. The lowest BCUT2D eigenvalue weighted by Crippen LogP contribution is -2.48. The highest BCUT2D eigenvalue weighted by Gasteiger charge is 2.22. The normalized spacial score (nSPS) is 15.1. The van der Waals surface area contributed by atoms with Crippen LogP contribution in [0.5, 0.6) is 5.75 Å². The van der Waals surface area contributed by atoms with Crippen LogP contribution in [0.1, 0.15) is 39.2 Å². The molecule has 1 amide bonds. The smallest absolute Gasteiger partial charge is 0.222 e. The predicted octanol–water partition coefficient (Wildman–Crippen LogP) is 3.95. The van der Waals surface area contributed by atoms with Crippen molar-refractivity contribution in [1.82, 2.24) is 9.88 Å². The zero-order chi connectivity index (χ0) is 19.3. The Bertz CT molecular complexity index is 715. The van der Waals surface area contributed by atoms with Crippen LogP contribution in [0.3, 0.4) is 0 Å². The second kappa shape index (κ2) is 8.74. The quantitative estimate of drug-likeness (QED) is 0.704. The number of carbonyl (C=O) groups is 1.